The second kappa shape index (κ2) is 3.74. The summed E-state index contributed by atoms with van der Waals surface area (Å²) < 4.78 is 0. The molecule has 0 aromatic carbocycles. The molecule has 0 saturated carbocycles. The standard InChI is InChI=1S/C9H19N3O/c1-9(2,8(10)13)12-6-4-11(3)5-7-12/h4-7H2,1-3H3,(H2,10,13)/p+1. The van der Waals surface area contributed by atoms with Crippen molar-refractivity contribution >= 4 is 5.91 Å². The Balaban J connectivity index is 2.58. The van der Waals surface area contributed by atoms with Gasteiger partial charge in [-0.2, -0.15) is 0 Å². The molecule has 0 aromatic rings. The van der Waals surface area contributed by atoms with Crippen molar-refractivity contribution < 1.29 is 10.5 Å². The van der Waals surface area contributed by atoms with E-state index < -0.39 is 0 Å². The molecule has 0 spiro atoms. The molecule has 1 fully saturated rings. The van der Waals surface area contributed by atoms with Gasteiger partial charge in [-0.3, -0.25) is 10.6 Å². The fourth-order valence-electron chi connectivity index (χ4n) is 1.54. The number of amides is 1. The Kier molecular flexibility index (Phi) is 3.05. The van der Waals surface area contributed by atoms with Crippen LogP contribution in [0, 0.1) is 0 Å². The molecule has 0 unspecified atom stereocenters. The predicted octanol–water partition coefficient (Wildman–Crippen LogP) is -1.22. The Bertz CT molecular complexity index is 195. The zero-order valence-electron chi connectivity index (χ0n) is 8.84. The van der Waals surface area contributed by atoms with Gasteiger partial charge >= 0.3 is 5.91 Å². The average molecular weight is 186 g/mol. The third-order valence-corrected chi connectivity index (χ3v) is 2.98. The second-order valence-corrected chi connectivity index (χ2v) is 4.27. The maximum absolute atomic E-state index is 11.3. The lowest BCUT2D eigenvalue weighted by atomic mass is 10.0. The minimum absolute atomic E-state index is 0.0112. The maximum atomic E-state index is 11.3. The Morgan fingerprint density at radius 2 is 1.69 bits per heavy atom. The first-order valence-corrected chi connectivity index (χ1v) is 4.74. The predicted molar refractivity (Wildman–Crippen MR) is 51.0 cm³/mol. The molecule has 0 aromatic heterocycles. The molecule has 0 aliphatic carbocycles. The van der Waals surface area contributed by atoms with Gasteiger partial charge in [-0.25, -0.2) is 4.79 Å². The van der Waals surface area contributed by atoms with Crippen molar-refractivity contribution in [1.82, 2.24) is 9.80 Å². The summed E-state index contributed by atoms with van der Waals surface area (Å²) in [6, 6.07) is 0. The molecular formula is C9H20N3O+. The van der Waals surface area contributed by atoms with Crippen molar-refractivity contribution in [2.24, 2.45) is 0 Å². The molecular weight excluding hydrogens is 166 g/mol. The van der Waals surface area contributed by atoms with E-state index in [4.69, 9.17) is 0 Å². The van der Waals surface area contributed by atoms with Crippen molar-refractivity contribution in [1.29, 1.82) is 0 Å². The van der Waals surface area contributed by atoms with E-state index in [0.29, 0.717) is 0 Å². The van der Waals surface area contributed by atoms with E-state index in [1.54, 1.807) is 0 Å². The van der Waals surface area contributed by atoms with Crippen LogP contribution < -0.4 is 5.73 Å². The van der Waals surface area contributed by atoms with Crippen LogP contribution in [0.4, 0.5) is 0 Å². The Morgan fingerprint density at radius 1 is 1.23 bits per heavy atom. The molecule has 13 heavy (non-hydrogen) atoms. The largest absolute Gasteiger partial charge is 0.328 e. The SMILES string of the molecule is CN1CCN(C(C)(C)C([NH3+])=O)CC1. The highest BCUT2D eigenvalue weighted by Gasteiger charge is 2.36. The number of quaternary nitrogens is 1. The molecule has 1 amide bonds. The number of carbonyl (C=O) groups is 1. The number of nitrogens with zero attached hydrogens (tertiary/aromatic N) is 2. The Morgan fingerprint density at radius 3 is 2.08 bits per heavy atom. The van der Waals surface area contributed by atoms with Gasteiger partial charge in [-0.05, 0) is 20.9 Å². The van der Waals surface area contributed by atoms with Crippen LogP contribution in [-0.2, 0) is 4.79 Å². The number of likely N-dealkylation sites (N-methyl/N-ethyl adjacent to an activating group) is 1. The average Bonchev–Trinajstić information content (AvgIpc) is 2.04. The van der Waals surface area contributed by atoms with Crippen LogP contribution in [0.25, 0.3) is 0 Å². The second-order valence-electron chi connectivity index (χ2n) is 4.27. The highest BCUT2D eigenvalue weighted by molar-refractivity contribution is 5.75. The molecule has 76 valence electrons. The van der Waals surface area contributed by atoms with Gasteiger partial charge in [0.15, 0.2) is 0 Å². The van der Waals surface area contributed by atoms with E-state index in [1.807, 2.05) is 13.8 Å². The first kappa shape index (κ1) is 10.6. The van der Waals surface area contributed by atoms with Crippen LogP contribution in [-0.4, -0.2) is 54.5 Å². The van der Waals surface area contributed by atoms with E-state index in [1.165, 1.54) is 0 Å². The number of piperazine rings is 1. The van der Waals surface area contributed by atoms with E-state index in [9.17, 15) is 4.79 Å². The lowest BCUT2D eigenvalue weighted by Gasteiger charge is -2.39. The molecule has 0 bridgehead atoms. The molecule has 1 aliphatic rings. The summed E-state index contributed by atoms with van der Waals surface area (Å²) in [7, 11) is 2.11. The number of hydrogen-bond donors (Lipinski definition) is 1. The molecule has 1 heterocycles. The highest BCUT2D eigenvalue weighted by atomic mass is 16.1. The van der Waals surface area contributed by atoms with Crippen LogP contribution in [0.15, 0.2) is 0 Å². The molecule has 4 heteroatoms. The maximum Gasteiger partial charge on any atom is 0.328 e. The number of hydrogen-bond acceptors (Lipinski definition) is 3. The van der Waals surface area contributed by atoms with Crippen molar-refractivity contribution in [2.75, 3.05) is 33.2 Å². The van der Waals surface area contributed by atoms with E-state index in [-0.39, 0.29) is 11.4 Å². The summed E-state index contributed by atoms with van der Waals surface area (Å²) in [5.74, 6) is 0.0112. The molecule has 1 rings (SSSR count). The van der Waals surface area contributed by atoms with Crippen molar-refractivity contribution in [3.8, 4) is 0 Å². The summed E-state index contributed by atoms with van der Waals surface area (Å²) in [6.45, 7) is 7.91. The first-order valence-electron chi connectivity index (χ1n) is 4.74. The molecule has 1 saturated heterocycles. The van der Waals surface area contributed by atoms with Crippen LogP contribution in [0.3, 0.4) is 0 Å². The zero-order chi connectivity index (χ0) is 10.1. The lowest BCUT2D eigenvalue weighted by Crippen LogP contribution is -2.72. The number of carbonyl (C=O) groups excluding carboxylic acids is 1. The topological polar surface area (TPSA) is 51.2 Å². The Labute approximate surface area is 79.7 Å². The van der Waals surface area contributed by atoms with Gasteiger partial charge in [-0.1, -0.05) is 0 Å². The van der Waals surface area contributed by atoms with E-state index in [0.717, 1.165) is 26.2 Å². The first-order chi connectivity index (χ1) is 5.94. The van der Waals surface area contributed by atoms with Crippen molar-refractivity contribution in [2.45, 2.75) is 19.4 Å². The van der Waals surface area contributed by atoms with Crippen LogP contribution >= 0.6 is 0 Å². The molecule has 3 N–H and O–H groups in total. The van der Waals surface area contributed by atoms with Crippen LogP contribution in [0.5, 0.6) is 0 Å². The normalized spacial score (nSPS) is 21.8. The summed E-state index contributed by atoms with van der Waals surface area (Å²) in [4.78, 5) is 15.8. The Hall–Kier alpha value is -0.450. The summed E-state index contributed by atoms with van der Waals surface area (Å²) >= 11 is 0. The minimum atomic E-state index is -0.388. The summed E-state index contributed by atoms with van der Waals surface area (Å²) in [6.07, 6.45) is 0. The van der Waals surface area contributed by atoms with Crippen LogP contribution in [0.2, 0.25) is 0 Å². The van der Waals surface area contributed by atoms with Gasteiger partial charge in [0.05, 0.1) is 0 Å². The lowest BCUT2D eigenvalue weighted by molar-refractivity contribution is -0.318. The van der Waals surface area contributed by atoms with Crippen LogP contribution in [0.1, 0.15) is 13.8 Å². The third-order valence-electron chi connectivity index (χ3n) is 2.98. The smallest absolute Gasteiger partial charge is 0.304 e. The summed E-state index contributed by atoms with van der Waals surface area (Å²) in [5, 5.41) is 0. The monoisotopic (exact) mass is 186 g/mol. The molecule has 0 atom stereocenters. The third kappa shape index (κ3) is 2.27. The molecule has 1 aliphatic heterocycles. The van der Waals surface area contributed by atoms with Gasteiger partial charge in [-0.15, -0.1) is 0 Å². The van der Waals surface area contributed by atoms with Gasteiger partial charge in [0.1, 0.15) is 5.54 Å². The quantitative estimate of drug-likeness (QED) is 0.588. The zero-order valence-corrected chi connectivity index (χ0v) is 8.84. The van der Waals surface area contributed by atoms with Gasteiger partial charge in [0, 0.05) is 26.2 Å². The fraction of sp³-hybridized carbons (Fsp3) is 0.889. The molecule has 4 nitrogen and oxygen atoms in total. The van der Waals surface area contributed by atoms with Gasteiger partial charge in [0.25, 0.3) is 0 Å². The highest BCUT2D eigenvalue weighted by Crippen LogP contribution is 2.14. The van der Waals surface area contributed by atoms with Crippen molar-refractivity contribution in [3.63, 3.8) is 0 Å². The number of rotatable bonds is 2. The summed E-state index contributed by atoms with van der Waals surface area (Å²) in [5.41, 5.74) is 3.12. The minimum Gasteiger partial charge on any atom is -0.304 e. The van der Waals surface area contributed by atoms with E-state index >= 15 is 0 Å². The fourth-order valence-corrected chi connectivity index (χ4v) is 1.54. The molecule has 0 radical (unpaired) electrons. The van der Waals surface area contributed by atoms with E-state index in [2.05, 4.69) is 22.6 Å². The van der Waals surface area contributed by atoms with Crippen molar-refractivity contribution in [3.05, 3.63) is 0 Å². The van der Waals surface area contributed by atoms with Gasteiger partial charge in [0.2, 0.25) is 0 Å². The van der Waals surface area contributed by atoms with Gasteiger partial charge < -0.3 is 4.90 Å².